The highest BCUT2D eigenvalue weighted by molar-refractivity contribution is 9.10. The summed E-state index contributed by atoms with van der Waals surface area (Å²) in [6.07, 6.45) is -0.00226. The number of halogens is 1. The second kappa shape index (κ2) is 6.96. The number of fused-ring (bicyclic) bond motifs is 1. The van der Waals surface area contributed by atoms with Gasteiger partial charge in [-0.15, -0.1) is 0 Å². The molecule has 6 heteroatoms. The van der Waals surface area contributed by atoms with Gasteiger partial charge < -0.3 is 24.3 Å². The van der Waals surface area contributed by atoms with Gasteiger partial charge in [0.2, 0.25) is 0 Å². The Morgan fingerprint density at radius 3 is 2.62 bits per heavy atom. The normalized spacial score (nSPS) is 22.9. The molecule has 0 aliphatic carbocycles. The zero-order chi connectivity index (χ0) is 14.7. The van der Waals surface area contributed by atoms with Crippen LogP contribution in [0.15, 0.2) is 16.6 Å². The lowest BCUT2D eigenvalue weighted by atomic mass is 10.00. The van der Waals surface area contributed by atoms with Crippen LogP contribution in [0.2, 0.25) is 0 Å². The van der Waals surface area contributed by atoms with Crippen LogP contribution in [0.1, 0.15) is 18.5 Å². The number of hydrogen-bond acceptors (Lipinski definition) is 5. The fourth-order valence-electron chi connectivity index (χ4n) is 2.68. The molecule has 1 saturated heterocycles. The minimum Gasteiger partial charge on any atom is -0.486 e. The average molecular weight is 358 g/mol. The van der Waals surface area contributed by atoms with Crippen molar-refractivity contribution in [3.8, 4) is 11.5 Å². The molecule has 2 aliphatic rings. The first-order chi connectivity index (χ1) is 10.3. The third-order valence-corrected chi connectivity index (χ3v) is 4.32. The summed E-state index contributed by atoms with van der Waals surface area (Å²) in [4.78, 5) is 0. The molecule has 5 nitrogen and oxygen atoms in total. The maximum absolute atomic E-state index is 5.87. The predicted octanol–water partition coefficient (Wildman–Crippen LogP) is 2.29. The molecule has 0 spiro atoms. The van der Waals surface area contributed by atoms with E-state index in [-0.39, 0.29) is 12.1 Å². The monoisotopic (exact) mass is 357 g/mol. The molecule has 3 rings (SSSR count). The van der Waals surface area contributed by atoms with E-state index in [1.165, 1.54) is 0 Å². The van der Waals surface area contributed by atoms with Crippen molar-refractivity contribution in [2.75, 3.05) is 39.6 Å². The van der Waals surface area contributed by atoms with E-state index in [0.717, 1.165) is 28.1 Å². The fourth-order valence-corrected chi connectivity index (χ4v) is 3.25. The van der Waals surface area contributed by atoms with Gasteiger partial charge in [0, 0.05) is 4.47 Å². The van der Waals surface area contributed by atoms with Crippen LogP contribution in [0.4, 0.5) is 0 Å². The zero-order valence-corrected chi connectivity index (χ0v) is 13.6. The van der Waals surface area contributed by atoms with E-state index in [0.29, 0.717) is 33.0 Å². The number of ether oxygens (including phenoxy) is 4. The van der Waals surface area contributed by atoms with Gasteiger partial charge in [-0.25, -0.2) is 0 Å². The SMILES string of the molecule is CCNC(c1cc2c(cc1Br)OCCO2)C1COCCO1. The van der Waals surface area contributed by atoms with Crippen LogP contribution >= 0.6 is 15.9 Å². The average Bonchev–Trinajstić information content (AvgIpc) is 2.53. The van der Waals surface area contributed by atoms with Crippen LogP contribution in [-0.4, -0.2) is 45.7 Å². The molecule has 2 heterocycles. The fraction of sp³-hybridized carbons (Fsp3) is 0.600. The molecule has 1 aromatic rings. The van der Waals surface area contributed by atoms with E-state index in [2.05, 4.69) is 28.2 Å². The Kier molecular flexibility index (Phi) is 5.00. The molecule has 116 valence electrons. The summed E-state index contributed by atoms with van der Waals surface area (Å²) in [7, 11) is 0. The largest absolute Gasteiger partial charge is 0.486 e. The highest BCUT2D eigenvalue weighted by atomic mass is 79.9. The molecular weight excluding hydrogens is 338 g/mol. The molecule has 2 unspecified atom stereocenters. The number of likely N-dealkylation sites (N-methyl/N-ethyl adjacent to an activating group) is 1. The van der Waals surface area contributed by atoms with Crippen LogP contribution in [0.3, 0.4) is 0 Å². The van der Waals surface area contributed by atoms with Gasteiger partial charge in [-0.2, -0.15) is 0 Å². The first-order valence-electron chi connectivity index (χ1n) is 7.31. The van der Waals surface area contributed by atoms with Crippen molar-refractivity contribution in [1.82, 2.24) is 5.32 Å². The van der Waals surface area contributed by atoms with E-state index >= 15 is 0 Å². The summed E-state index contributed by atoms with van der Waals surface area (Å²) in [6, 6.07) is 4.06. The molecule has 1 fully saturated rings. The third kappa shape index (κ3) is 3.34. The Bertz CT molecular complexity index is 491. The Morgan fingerprint density at radius 1 is 1.19 bits per heavy atom. The van der Waals surface area contributed by atoms with Crippen LogP contribution in [0, 0.1) is 0 Å². The summed E-state index contributed by atoms with van der Waals surface area (Å²) in [6.45, 7) is 6.01. The molecule has 2 aliphatic heterocycles. The van der Waals surface area contributed by atoms with E-state index in [1.807, 2.05) is 12.1 Å². The van der Waals surface area contributed by atoms with Gasteiger partial charge in [0.05, 0.1) is 25.9 Å². The Balaban J connectivity index is 1.90. The lowest BCUT2D eigenvalue weighted by molar-refractivity contribution is -0.102. The van der Waals surface area contributed by atoms with Crippen molar-refractivity contribution in [1.29, 1.82) is 0 Å². The maximum atomic E-state index is 5.87. The molecule has 2 atom stereocenters. The van der Waals surface area contributed by atoms with E-state index in [9.17, 15) is 0 Å². The predicted molar refractivity (Wildman–Crippen MR) is 82.1 cm³/mol. The molecule has 1 N–H and O–H groups in total. The van der Waals surface area contributed by atoms with Crippen LogP contribution in [0.5, 0.6) is 11.5 Å². The molecule has 21 heavy (non-hydrogen) atoms. The summed E-state index contributed by atoms with van der Waals surface area (Å²) in [5, 5.41) is 3.48. The quantitative estimate of drug-likeness (QED) is 0.895. The van der Waals surface area contributed by atoms with Gasteiger partial charge in [0.1, 0.15) is 19.3 Å². The van der Waals surface area contributed by atoms with Crippen molar-refractivity contribution < 1.29 is 18.9 Å². The smallest absolute Gasteiger partial charge is 0.162 e. The topological polar surface area (TPSA) is 49.0 Å². The molecule has 0 saturated carbocycles. The highest BCUT2D eigenvalue weighted by Gasteiger charge is 2.29. The van der Waals surface area contributed by atoms with E-state index in [4.69, 9.17) is 18.9 Å². The van der Waals surface area contributed by atoms with Crippen molar-refractivity contribution in [3.05, 3.63) is 22.2 Å². The third-order valence-electron chi connectivity index (χ3n) is 3.63. The number of benzene rings is 1. The van der Waals surface area contributed by atoms with Gasteiger partial charge in [-0.3, -0.25) is 0 Å². The lowest BCUT2D eigenvalue weighted by Gasteiger charge is -2.32. The lowest BCUT2D eigenvalue weighted by Crippen LogP contribution is -2.40. The van der Waals surface area contributed by atoms with Crippen LogP contribution in [0.25, 0.3) is 0 Å². The highest BCUT2D eigenvalue weighted by Crippen LogP contribution is 2.39. The number of rotatable bonds is 4. The second-order valence-electron chi connectivity index (χ2n) is 5.04. The minimum absolute atomic E-state index is 0.00226. The zero-order valence-electron chi connectivity index (χ0n) is 12.1. The number of hydrogen-bond donors (Lipinski definition) is 1. The first kappa shape index (κ1) is 15.1. The summed E-state index contributed by atoms with van der Waals surface area (Å²) in [5.74, 6) is 1.58. The molecule has 0 bridgehead atoms. The van der Waals surface area contributed by atoms with Crippen molar-refractivity contribution in [2.24, 2.45) is 0 Å². The first-order valence-corrected chi connectivity index (χ1v) is 8.10. The Labute approximate surface area is 133 Å². The second-order valence-corrected chi connectivity index (χ2v) is 5.89. The number of nitrogens with one attached hydrogen (secondary N) is 1. The Hall–Kier alpha value is -0.820. The van der Waals surface area contributed by atoms with E-state index in [1.54, 1.807) is 0 Å². The molecule has 1 aromatic carbocycles. The summed E-state index contributed by atoms with van der Waals surface area (Å²) < 4.78 is 23.7. The van der Waals surface area contributed by atoms with Crippen molar-refractivity contribution in [3.63, 3.8) is 0 Å². The molecule has 0 radical (unpaired) electrons. The van der Waals surface area contributed by atoms with Gasteiger partial charge >= 0.3 is 0 Å². The Morgan fingerprint density at radius 2 is 1.95 bits per heavy atom. The van der Waals surface area contributed by atoms with Crippen molar-refractivity contribution in [2.45, 2.75) is 19.1 Å². The van der Waals surface area contributed by atoms with Crippen LogP contribution < -0.4 is 14.8 Å². The van der Waals surface area contributed by atoms with Crippen LogP contribution in [-0.2, 0) is 9.47 Å². The van der Waals surface area contributed by atoms with Gasteiger partial charge in [0.15, 0.2) is 11.5 Å². The van der Waals surface area contributed by atoms with Crippen molar-refractivity contribution >= 4 is 15.9 Å². The molecule has 0 amide bonds. The summed E-state index contributed by atoms with van der Waals surface area (Å²) >= 11 is 3.64. The molecular formula is C15H20BrNO4. The minimum atomic E-state index is -0.00226. The van der Waals surface area contributed by atoms with E-state index < -0.39 is 0 Å². The standard InChI is InChI=1S/C15H20BrNO4/c1-2-17-15(14-9-18-3-4-21-14)10-7-12-13(8-11(10)16)20-6-5-19-12/h7-8,14-15,17H,2-6,9H2,1H3. The summed E-state index contributed by atoms with van der Waals surface area (Å²) in [5.41, 5.74) is 1.11. The molecule has 0 aromatic heterocycles. The van der Waals surface area contributed by atoms with Gasteiger partial charge in [-0.1, -0.05) is 22.9 Å². The van der Waals surface area contributed by atoms with Gasteiger partial charge in [-0.05, 0) is 24.2 Å². The maximum Gasteiger partial charge on any atom is 0.162 e. The van der Waals surface area contributed by atoms with Gasteiger partial charge in [0.25, 0.3) is 0 Å².